The Morgan fingerprint density at radius 2 is 1.78 bits per heavy atom. The number of rotatable bonds is 7. The Bertz CT molecular complexity index is 1410. The van der Waals surface area contributed by atoms with E-state index in [2.05, 4.69) is 15.0 Å². The molecule has 11 heteroatoms. The van der Waals surface area contributed by atoms with Crippen molar-refractivity contribution in [3.05, 3.63) is 42.5 Å². The van der Waals surface area contributed by atoms with Crippen LogP contribution in [-0.2, 0) is 0 Å². The Balaban J connectivity index is 1.38. The van der Waals surface area contributed by atoms with E-state index in [-0.39, 0.29) is 5.92 Å². The number of fused-ring (bicyclic) bond motifs is 2. The number of piperidine rings is 1. The van der Waals surface area contributed by atoms with Crippen LogP contribution >= 0.6 is 0 Å². The lowest BCUT2D eigenvalue weighted by Gasteiger charge is -2.32. The molecule has 0 saturated carbocycles. The molecule has 2 aromatic heterocycles. The molecular formula is C26H26F4N4O3. The van der Waals surface area contributed by atoms with Crippen LogP contribution in [-0.4, -0.2) is 66.5 Å². The van der Waals surface area contributed by atoms with Gasteiger partial charge < -0.3 is 19.2 Å². The van der Waals surface area contributed by atoms with Crippen LogP contribution in [0.4, 0.5) is 17.6 Å². The number of methoxy groups -OCH3 is 2. The van der Waals surface area contributed by atoms with Crippen LogP contribution in [0.3, 0.4) is 0 Å². The molecule has 7 nitrogen and oxygen atoms in total. The van der Waals surface area contributed by atoms with Crippen molar-refractivity contribution in [3.8, 4) is 28.6 Å². The van der Waals surface area contributed by atoms with Gasteiger partial charge in [0, 0.05) is 28.5 Å². The summed E-state index contributed by atoms with van der Waals surface area (Å²) in [5.41, 5.74) is 1.87. The highest BCUT2D eigenvalue weighted by Gasteiger charge is 2.32. The maximum atomic E-state index is 15.5. The van der Waals surface area contributed by atoms with Gasteiger partial charge in [-0.3, -0.25) is 4.90 Å². The molecular weight excluding hydrogens is 492 g/mol. The van der Waals surface area contributed by atoms with Crippen molar-refractivity contribution in [1.82, 2.24) is 19.9 Å². The number of aromatic amines is 1. The van der Waals surface area contributed by atoms with Crippen molar-refractivity contribution in [2.24, 2.45) is 5.92 Å². The number of hydrogen-bond donors (Lipinski definition) is 1. The summed E-state index contributed by atoms with van der Waals surface area (Å²) in [6, 6.07) is 8.44. The third kappa shape index (κ3) is 5.27. The van der Waals surface area contributed by atoms with Gasteiger partial charge in [0.1, 0.15) is 12.1 Å². The van der Waals surface area contributed by atoms with E-state index in [0.717, 1.165) is 0 Å². The summed E-state index contributed by atoms with van der Waals surface area (Å²) in [7, 11) is 3.01. The molecule has 5 rings (SSSR count). The Morgan fingerprint density at radius 3 is 2.49 bits per heavy atom. The van der Waals surface area contributed by atoms with Crippen LogP contribution in [0, 0.1) is 11.7 Å². The first-order chi connectivity index (χ1) is 17.8. The minimum absolute atomic E-state index is 0.130. The molecule has 0 spiro atoms. The zero-order valence-electron chi connectivity index (χ0n) is 20.4. The molecule has 0 aliphatic carbocycles. The number of H-pyrrole nitrogens is 1. The normalized spacial score (nSPS) is 15.4. The van der Waals surface area contributed by atoms with E-state index in [1.54, 1.807) is 30.3 Å². The van der Waals surface area contributed by atoms with E-state index in [1.807, 2.05) is 0 Å². The number of ether oxygens (including phenoxy) is 3. The zero-order chi connectivity index (χ0) is 26.2. The molecule has 3 heterocycles. The third-order valence-electron chi connectivity index (χ3n) is 6.69. The fourth-order valence-electron chi connectivity index (χ4n) is 4.76. The van der Waals surface area contributed by atoms with E-state index in [4.69, 9.17) is 14.2 Å². The van der Waals surface area contributed by atoms with E-state index in [1.165, 1.54) is 25.4 Å². The summed E-state index contributed by atoms with van der Waals surface area (Å²) in [5.74, 6) is 1.04. The standard InChI is InChI=1S/C26H26F4N4O3/c1-35-21-9-18-20(11-22(21)37-12-15-5-7-34(8-6-15)13-26(28,29)30)31-14-32-25(18)16-3-4-19-17(24(16)27)10-23(33-19)36-2/h3-4,9-11,14-15,33H,5-8,12-13H2,1-2H3. The maximum absolute atomic E-state index is 15.5. The van der Waals surface area contributed by atoms with Crippen molar-refractivity contribution in [2.45, 2.75) is 19.0 Å². The van der Waals surface area contributed by atoms with Gasteiger partial charge in [0.2, 0.25) is 0 Å². The lowest BCUT2D eigenvalue weighted by molar-refractivity contribution is -0.148. The van der Waals surface area contributed by atoms with Gasteiger partial charge >= 0.3 is 6.18 Å². The van der Waals surface area contributed by atoms with Gasteiger partial charge in [-0.2, -0.15) is 13.2 Å². The van der Waals surface area contributed by atoms with Gasteiger partial charge in [0.05, 0.1) is 44.1 Å². The van der Waals surface area contributed by atoms with Gasteiger partial charge in [-0.25, -0.2) is 14.4 Å². The van der Waals surface area contributed by atoms with Crippen LogP contribution in [0.2, 0.25) is 0 Å². The molecule has 1 aliphatic rings. The summed E-state index contributed by atoms with van der Waals surface area (Å²) in [6.07, 6.45) is -1.59. The summed E-state index contributed by atoms with van der Waals surface area (Å²) in [6.45, 7) is 0.219. The second-order valence-electron chi connectivity index (χ2n) is 9.11. The van der Waals surface area contributed by atoms with E-state index in [0.29, 0.717) is 83.0 Å². The highest BCUT2D eigenvalue weighted by molar-refractivity contribution is 5.97. The fourth-order valence-corrected chi connectivity index (χ4v) is 4.76. The van der Waals surface area contributed by atoms with Crippen LogP contribution in [0.1, 0.15) is 12.8 Å². The summed E-state index contributed by atoms with van der Waals surface area (Å²) < 4.78 is 70.2. The Morgan fingerprint density at radius 1 is 1.00 bits per heavy atom. The average molecular weight is 519 g/mol. The molecule has 2 aromatic carbocycles. The zero-order valence-corrected chi connectivity index (χ0v) is 20.4. The number of benzene rings is 2. The summed E-state index contributed by atoms with van der Waals surface area (Å²) in [5, 5.41) is 0.974. The minimum atomic E-state index is -4.19. The third-order valence-corrected chi connectivity index (χ3v) is 6.69. The highest BCUT2D eigenvalue weighted by Crippen LogP contribution is 2.38. The average Bonchev–Trinajstić information content (AvgIpc) is 3.31. The molecule has 4 aromatic rings. The molecule has 1 saturated heterocycles. The monoisotopic (exact) mass is 518 g/mol. The number of halogens is 4. The Hall–Kier alpha value is -3.60. The van der Waals surface area contributed by atoms with Crippen LogP contribution < -0.4 is 14.2 Å². The molecule has 0 radical (unpaired) electrons. The first kappa shape index (κ1) is 25.1. The predicted octanol–water partition coefficient (Wildman–Crippen LogP) is 5.59. The van der Waals surface area contributed by atoms with E-state index in [9.17, 15) is 13.2 Å². The van der Waals surface area contributed by atoms with Crippen molar-refractivity contribution in [3.63, 3.8) is 0 Å². The summed E-state index contributed by atoms with van der Waals surface area (Å²) >= 11 is 0. The molecule has 1 N–H and O–H groups in total. The largest absolute Gasteiger partial charge is 0.493 e. The van der Waals surface area contributed by atoms with Gasteiger partial charge in [0.15, 0.2) is 17.4 Å². The second kappa shape index (κ2) is 10.0. The first-order valence-electron chi connectivity index (χ1n) is 11.9. The van der Waals surface area contributed by atoms with Crippen molar-refractivity contribution in [2.75, 3.05) is 40.5 Å². The van der Waals surface area contributed by atoms with Crippen molar-refractivity contribution >= 4 is 21.8 Å². The molecule has 1 aliphatic heterocycles. The minimum Gasteiger partial charge on any atom is -0.493 e. The predicted molar refractivity (Wildman–Crippen MR) is 131 cm³/mol. The quantitative estimate of drug-likeness (QED) is 0.322. The van der Waals surface area contributed by atoms with Gasteiger partial charge in [-0.1, -0.05) is 0 Å². The molecule has 0 bridgehead atoms. The molecule has 0 amide bonds. The molecule has 0 unspecified atom stereocenters. The fraction of sp³-hybridized carbons (Fsp3) is 0.385. The lowest BCUT2D eigenvalue weighted by atomic mass is 9.98. The topological polar surface area (TPSA) is 72.5 Å². The highest BCUT2D eigenvalue weighted by atomic mass is 19.4. The smallest absolute Gasteiger partial charge is 0.401 e. The first-order valence-corrected chi connectivity index (χ1v) is 11.9. The molecule has 1 fully saturated rings. The van der Waals surface area contributed by atoms with Crippen LogP contribution in [0.25, 0.3) is 33.1 Å². The Labute approximate surface area is 210 Å². The molecule has 196 valence electrons. The van der Waals surface area contributed by atoms with Crippen molar-refractivity contribution < 1.29 is 31.8 Å². The number of nitrogens with one attached hydrogen (secondary N) is 1. The number of likely N-dealkylation sites (tertiary alicyclic amines) is 1. The Kier molecular flexibility index (Phi) is 6.80. The second-order valence-corrected chi connectivity index (χ2v) is 9.11. The van der Waals surface area contributed by atoms with Crippen LogP contribution in [0.15, 0.2) is 36.7 Å². The number of hydrogen-bond acceptors (Lipinski definition) is 6. The lowest BCUT2D eigenvalue weighted by Crippen LogP contribution is -2.41. The molecule has 37 heavy (non-hydrogen) atoms. The van der Waals surface area contributed by atoms with Crippen LogP contribution in [0.5, 0.6) is 17.4 Å². The van der Waals surface area contributed by atoms with Gasteiger partial charge in [0.25, 0.3) is 0 Å². The number of aromatic nitrogens is 3. The van der Waals surface area contributed by atoms with Gasteiger partial charge in [-0.05, 0) is 50.0 Å². The number of nitrogens with zero attached hydrogens (tertiary/aromatic N) is 3. The van der Waals surface area contributed by atoms with E-state index < -0.39 is 18.5 Å². The number of alkyl halides is 3. The maximum Gasteiger partial charge on any atom is 0.401 e. The summed E-state index contributed by atoms with van der Waals surface area (Å²) in [4.78, 5) is 13.1. The van der Waals surface area contributed by atoms with Crippen molar-refractivity contribution in [1.29, 1.82) is 0 Å². The van der Waals surface area contributed by atoms with Gasteiger partial charge in [-0.15, -0.1) is 0 Å². The molecule has 0 atom stereocenters. The van der Waals surface area contributed by atoms with E-state index >= 15 is 4.39 Å². The SMILES string of the molecule is COc1cc2c(F)c(-c3ncnc4cc(OCC5CCN(CC(F)(F)F)CC5)c(OC)cc34)ccc2[nH]1.